The summed E-state index contributed by atoms with van der Waals surface area (Å²) in [6, 6.07) is 10.2. The molecule has 7 heteroatoms. The summed E-state index contributed by atoms with van der Waals surface area (Å²) in [6.45, 7) is 13.7. The number of ether oxygens (including phenoxy) is 1. The largest absolute Gasteiger partial charge is 0.507 e. The number of oxime groups is 1. The third kappa shape index (κ3) is 5.69. The maximum Gasteiger partial charge on any atom is 0.339 e. The maximum atomic E-state index is 11.0. The highest BCUT2D eigenvalue weighted by Crippen LogP contribution is 2.34. The standard InChI is InChI=1S/C24H32N2O5/c1-7-26(15(2)3)21-11-8-16(12-19(21)24(4,5)6)20(25-30)14-31-17-9-10-18(23(28)29)22(27)13-17/h8-13,15,27,30H,7,14H2,1-6H3,(H,28,29). The molecule has 0 aliphatic carbocycles. The second-order valence-electron chi connectivity index (χ2n) is 8.68. The Labute approximate surface area is 183 Å². The Kier molecular flexibility index (Phi) is 7.55. The van der Waals surface area contributed by atoms with Gasteiger partial charge in [0.25, 0.3) is 0 Å². The first-order valence-corrected chi connectivity index (χ1v) is 10.3. The zero-order valence-electron chi connectivity index (χ0n) is 19.0. The lowest BCUT2D eigenvalue weighted by Gasteiger charge is -2.34. The predicted molar refractivity (Wildman–Crippen MR) is 122 cm³/mol. The Morgan fingerprint density at radius 2 is 1.84 bits per heavy atom. The lowest BCUT2D eigenvalue weighted by molar-refractivity contribution is 0.0693. The quantitative estimate of drug-likeness (QED) is 0.315. The second kappa shape index (κ2) is 9.73. The average Bonchev–Trinajstić information content (AvgIpc) is 2.68. The van der Waals surface area contributed by atoms with Crippen molar-refractivity contribution >= 4 is 17.4 Å². The molecule has 2 aromatic rings. The molecule has 0 bridgehead atoms. The van der Waals surface area contributed by atoms with Crippen molar-refractivity contribution in [3.63, 3.8) is 0 Å². The lowest BCUT2D eigenvalue weighted by atomic mass is 9.83. The van der Waals surface area contributed by atoms with E-state index in [1.165, 1.54) is 18.2 Å². The van der Waals surface area contributed by atoms with E-state index in [2.05, 4.69) is 51.6 Å². The van der Waals surface area contributed by atoms with E-state index in [9.17, 15) is 15.1 Å². The molecule has 2 aromatic carbocycles. The maximum absolute atomic E-state index is 11.0. The minimum absolute atomic E-state index is 0.0487. The molecule has 0 heterocycles. The van der Waals surface area contributed by atoms with Crippen LogP contribution in [-0.2, 0) is 5.41 Å². The van der Waals surface area contributed by atoms with Crippen molar-refractivity contribution in [3.05, 3.63) is 53.1 Å². The van der Waals surface area contributed by atoms with E-state index in [0.29, 0.717) is 11.8 Å². The number of aromatic carboxylic acids is 1. The summed E-state index contributed by atoms with van der Waals surface area (Å²) in [5.74, 6) is -1.34. The monoisotopic (exact) mass is 428 g/mol. The van der Waals surface area contributed by atoms with Gasteiger partial charge in [-0.1, -0.05) is 32.0 Å². The summed E-state index contributed by atoms with van der Waals surface area (Å²) in [4.78, 5) is 13.3. The van der Waals surface area contributed by atoms with E-state index in [1.54, 1.807) is 0 Å². The van der Waals surface area contributed by atoms with Crippen LogP contribution in [0.3, 0.4) is 0 Å². The molecule has 0 aliphatic heterocycles. The first-order chi connectivity index (χ1) is 14.5. The normalized spacial score (nSPS) is 12.2. The SMILES string of the molecule is CCN(c1ccc(C(COc2ccc(C(=O)O)c(O)c2)=NO)cc1C(C)(C)C)C(C)C. The molecule has 0 saturated heterocycles. The Hall–Kier alpha value is -3.22. The Morgan fingerprint density at radius 3 is 2.32 bits per heavy atom. The van der Waals surface area contributed by atoms with Gasteiger partial charge in [-0.05, 0) is 56.0 Å². The lowest BCUT2D eigenvalue weighted by Crippen LogP contribution is -2.33. The third-order valence-electron chi connectivity index (χ3n) is 5.11. The highest BCUT2D eigenvalue weighted by atomic mass is 16.5. The molecule has 0 fully saturated rings. The van der Waals surface area contributed by atoms with Crippen LogP contribution in [0.2, 0.25) is 0 Å². The number of rotatable bonds is 8. The Balaban J connectivity index is 2.33. The number of benzene rings is 2. The first kappa shape index (κ1) is 24.1. The van der Waals surface area contributed by atoms with Gasteiger partial charge in [-0.25, -0.2) is 4.79 Å². The van der Waals surface area contributed by atoms with Crippen LogP contribution >= 0.6 is 0 Å². The summed E-state index contributed by atoms with van der Waals surface area (Å²) in [5, 5.41) is 31.9. The van der Waals surface area contributed by atoms with Gasteiger partial charge in [0.05, 0.1) is 0 Å². The molecule has 2 rings (SSSR count). The molecular formula is C24H32N2O5. The summed E-state index contributed by atoms with van der Waals surface area (Å²) in [7, 11) is 0. The fourth-order valence-electron chi connectivity index (χ4n) is 3.48. The fourth-order valence-corrected chi connectivity index (χ4v) is 3.48. The minimum atomic E-state index is -1.22. The van der Waals surface area contributed by atoms with Gasteiger partial charge in [-0.3, -0.25) is 0 Å². The van der Waals surface area contributed by atoms with Crippen LogP contribution in [0, 0.1) is 0 Å². The van der Waals surface area contributed by atoms with Gasteiger partial charge in [0.1, 0.15) is 29.4 Å². The van der Waals surface area contributed by atoms with E-state index in [0.717, 1.165) is 23.4 Å². The van der Waals surface area contributed by atoms with Crippen LogP contribution in [0.25, 0.3) is 0 Å². The number of phenols is 1. The smallest absolute Gasteiger partial charge is 0.339 e. The number of nitrogens with zero attached hydrogens (tertiary/aromatic N) is 2. The van der Waals surface area contributed by atoms with Crippen LogP contribution in [0.1, 0.15) is 63.0 Å². The molecule has 31 heavy (non-hydrogen) atoms. The molecule has 0 radical (unpaired) electrons. The molecule has 0 saturated carbocycles. The van der Waals surface area contributed by atoms with Gasteiger partial charge in [0, 0.05) is 29.9 Å². The highest BCUT2D eigenvalue weighted by molar-refractivity contribution is 6.02. The van der Waals surface area contributed by atoms with Crippen molar-refractivity contribution < 1.29 is 25.0 Å². The first-order valence-electron chi connectivity index (χ1n) is 10.3. The van der Waals surface area contributed by atoms with Crippen molar-refractivity contribution in [3.8, 4) is 11.5 Å². The Bertz CT molecular complexity index is 961. The number of aromatic hydroxyl groups is 1. The van der Waals surface area contributed by atoms with Gasteiger partial charge in [-0.15, -0.1) is 0 Å². The number of carboxylic acids is 1. The van der Waals surface area contributed by atoms with Crippen LogP contribution in [0.15, 0.2) is 41.6 Å². The Morgan fingerprint density at radius 1 is 1.16 bits per heavy atom. The van der Waals surface area contributed by atoms with Crippen molar-refractivity contribution in [2.24, 2.45) is 5.16 Å². The van der Waals surface area contributed by atoms with Crippen LogP contribution in [0.5, 0.6) is 11.5 Å². The summed E-state index contributed by atoms with van der Waals surface area (Å²) < 4.78 is 5.64. The summed E-state index contributed by atoms with van der Waals surface area (Å²) >= 11 is 0. The van der Waals surface area contributed by atoms with Gasteiger partial charge in [-0.2, -0.15) is 0 Å². The second-order valence-corrected chi connectivity index (χ2v) is 8.68. The zero-order valence-corrected chi connectivity index (χ0v) is 19.0. The molecule has 0 aliphatic rings. The predicted octanol–water partition coefficient (Wildman–Crippen LogP) is 4.88. The van der Waals surface area contributed by atoms with Crippen LogP contribution in [-0.4, -0.2) is 46.3 Å². The minimum Gasteiger partial charge on any atom is -0.507 e. The van der Waals surface area contributed by atoms with E-state index >= 15 is 0 Å². The number of carbonyl (C=O) groups is 1. The number of anilines is 1. The molecular weight excluding hydrogens is 396 g/mol. The number of hydrogen-bond donors (Lipinski definition) is 3. The molecule has 168 valence electrons. The summed E-state index contributed by atoms with van der Waals surface area (Å²) in [6.07, 6.45) is 0. The van der Waals surface area contributed by atoms with Crippen molar-refractivity contribution in [1.82, 2.24) is 0 Å². The van der Waals surface area contributed by atoms with Gasteiger partial charge in [0.15, 0.2) is 0 Å². The molecule has 0 aromatic heterocycles. The van der Waals surface area contributed by atoms with Gasteiger partial charge in [0.2, 0.25) is 0 Å². The van der Waals surface area contributed by atoms with Crippen LogP contribution < -0.4 is 9.64 Å². The zero-order chi connectivity index (χ0) is 23.3. The molecule has 0 unspecified atom stereocenters. The fraction of sp³-hybridized carbons (Fsp3) is 0.417. The van der Waals surface area contributed by atoms with Gasteiger partial charge >= 0.3 is 5.97 Å². The van der Waals surface area contributed by atoms with Crippen molar-refractivity contribution in [2.75, 3.05) is 18.1 Å². The third-order valence-corrected chi connectivity index (χ3v) is 5.11. The number of carboxylic acid groups (broad SMARTS) is 1. The molecule has 3 N–H and O–H groups in total. The molecule has 7 nitrogen and oxygen atoms in total. The van der Waals surface area contributed by atoms with Crippen LogP contribution in [0.4, 0.5) is 5.69 Å². The van der Waals surface area contributed by atoms with E-state index in [1.807, 2.05) is 18.2 Å². The van der Waals surface area contributed by atoms with E-state index in [-0.39, 0.29) is 29.1 Å². The van der Waals surface area contributed by atoms with Crippen molar-refractivity contribution in [2.45, 2.75) is 53.0 Å². The highest BCUT2D eigenvalue weighted by Gasteiger charge is 2.23. The topological polar surface area (TPSA) is 103 Å². The van der Waals surface area contributed by atoms with Gasteiger partial charge < -0.3 is 25.1 Å². The molecule has 0 amide bonds. The van der Waals surface area contributed by atoms with E-state index < -0.39 is 5.97 Å². The number of hydrogen-bond acceptors (Lipinski definition) is 6. The summed E-state index contributed by atoms with van der Waals surface area (Å²) in [5.41, 5.74) is 2.98. The molecule has 0 spiro atoms. The van der Waals surface area contributed by atoms with E-state index in [4.69, 9.17) is 9.84 Å². The average molecular weight is 429 g/mol. The van der Waals surface area contributed by atoms with Crippen molar-refractivity contribution in [1.29, 1.82) is 0 Å². The molecule has 0 atom stereocenters.